The van der Waals surface area contributed by atoms with Crippen molar-refractivity contribution in [3.8, 4) is 0 Å². The number of nitrogens with zero attached hydrogens (tertiary/aromatic N) is 1. The fraction of sp³-hybridized carbons (Fsp3) is 0.727. The van der Waals surface area contributed by atoms with Gasteiger partial charge in [0.2, 0.25) is 0 Å². The van der Waals surface area contributed by atoms with Gasteiger partial charge >= 0.3 is 0 Å². The average Bonchev–Trinajstić information content (AvgIpc) is 2.12. The first-order valence-electron chi connectivity index (χ1n) is 4.93. The lowest BCUT2D eigenvalue weighted by molar-refractivity contribution is 0.104. The molecule has 0 aromatic rings. The topological polar surface area (TPSA) is 32.6 Å². The number of aliphatic hydroxyl groups is 1. The van der Waals surface area contributed by atoms with Gasteiger partial charge in [0.1, 0.15) is 5.60 Å². The zero-order valence-electron chi connectivity index (χ0n) is 9.17. The van der Waals surface area contributed by atoms with E-state index >= 15 is 0 Å². The lowest BCUT2D eigenvalue weighted by atomic mass is 9.91. The second-order valence-corrected chi connectivity index (χ2v) is 3.55. The van der Waals surface area contributed by atoms with E-state index in [9.17, 15) is 5.11 Å². The van der Waals surface area contributed by atoms with Crippen LogP contribution in [0.5, 0.6) is 0 Å². The quantitative estimate of drug-likeness (QED) is 0.653. The fourth-order valence-corrected chi connectivity index (χ4v) is 1.25. The van der Waals surface area contributed by atoms with Gasteiger partial charge in [0.25, 0.3) is 0 Å². The molecule has 0 aromatic heterocycles. The normalized spacial score (nSPS) is 13.5. The highest BCUT2D eigenvalue weighted by molar-refractivity contribution is 6.01. The van der Waals surface area contributed by atoms with Crippen LogP contribution in [0.25, 0.3) is 0 Å². The standard InChI is InChI=1S/C11H21NO/c1-6-10(12-9(4)5)11(13,7-2)8-3/h6,9,13H,1,7-8H2,2-5H3. The summed E-state index contributed by atoms with van der Waals surface area (Å²) in [6, 6.07) is 0.206. The molecular formula is C11H21NO. The number of hydrogen-bond donors (Lipinski definition) is 1. The SMILES string of the molecule is C=CC(=NC(C)C)C(O)(CC)CC. The van der Waals surface area contributed by atoms with Crippen molar-refractivity contribution >= 4 is 5.71 Å². The van der Waals surface area contributed by atoms with Gasteiger partial charge in [-0.3, -0.25) is 4.99 Å². The maximum Gasteiger partial charge on any atom is 0.105 e. The van der Waals surface area contributed by atoms with Crippen LogP contribution in [-0.4, -0.2) is 22.5 Å². The summed E-state index contributed by atoms with van der Waals surface area (Å²) in [6.45, 7) is 11.6. The first kappa shape index (κ1) is 12.4. The molecule has 76 valence electrons. The molecule has 0 bridgehead atoms. The molecule has 0 aliphatic heterocycles. The third-order valence-corrected chi connectivity index (χ3v) is 2.24. The van der Waals surface area contributed by atoms with E-state index in [0.717, 1.165) is 0 Å². The van der Waals surface area contributed by atoms with Crippen molar-refractivity contribution in [1.82, 2.24) is 0 Å². The summed E-state index contributed by atoms with van der Waals surface area (Å²) < 4.78 is 0. The van der Waals surface area contributed by atoms with Gasteiger partial charge in [-0.1, -0.05) is 20.4 Å². The molecule has 1 N–H and O–H groups in total. The van der Waals surface area contributed by atoms with Crippen LogP contribution in [-0.2, 0) is 0 Å². The van der Waals surface area contributed by atoms with Gasteiger partial charge in [-0.15, -0.1) is 0 Å². The molecule has 0 heterocycles. The van der Waals surface area contributed by atoms with Crippen molar-refractivity contribution in [3.63, 3.8) is 0 Å². The third kappa shape index (κ3) is 3.31. The summed E-state index contributed by atoms with van der Waals surface area (Å²) >= 11 is 0. The van der Waals surface area contributed by atoms with Crippen LogP contribution in [0.4, 0.5) is 0 Å². The Morgan fingerprint density at radius 2 is 1.92 bits per heavy atom. The maximum absolute atomic E-state index is 10.1. The predicted molar refractivity (Wildman–Crippen MR) is 58.3 cm³/mol. The molecule has 0 amide bonds. The van der Waals surface area contributed by atoms with E-state index in [1.165, 1.54) is 0 Å². The molecule has 0 aliphatic carbocycles. The molecule has 2 heteroatoms. The molecule has 2 nitrogen and oxygen atoms in total. The molecular weight excluding hydrogens is 162 g/mol. The first-order chi connectivity index (χ1) is 6.00. The van der Waals surface area contributed by atoms with Gasteiger partial charge in [-0.25, -0.2) is 0 Å². The van der Waals surface area contributed by atoms with Gasteiger partial charge < -0.3 is 5.11 Å². The van der Waals surface area contributed by atoms with Crippen LogP contribution in [0.1, 0.15) is 40.5 Å². The summed E-state index contributed by atoms with van der Waals surface area (Å²) in [4.78, 5) is 4.36. The second-order valence-electron chi connectivity index (χ2n) is 3.55. The Kier molecular flexibility index (Phi) is 4.92. The third-order valence-electron chi connectivity index (χ3n) is 2.24. The zero-order chi connectivity index (χ0) is 10.5. The molecule has 13 heavy (non-hydrogen) atoms. The summed E-state index contributed by atoms with van der Waals surface area (Å²) in [5.74, 6) is 0. The highest BCUT2D eigenvalue weighted by Gasteiger charge is 2.27. The van der Waals surface area contributed by atoms with Crippen LogP contribution < -0.4 is 0 Å². The minimum Gasteiger partial charge on any atom is -0.384 e. The van der Waals surface area contributed by atoms with Crippen LogP contribution in [0.3, 0.4) is 0 Å². The summed E-state index contributed by atoms with van der Waals surface area (Å²) in [6.07, 6.45) is 3.02. The average molecular weight is 183 g/mol. The molecule has 0 aromatic carbocycles. The molecule has 0 saturated carbocycles. The Balaban J connectivity index is 4.83. The summed E-state index contributed by atoms with van der Waals surface area (Å²) in [5.41, 5.74) is -0.0704. The number of aliphatic imine (C=N–C) groups is 1. The molecule has 0 atom stereocenters. The van der Waals surface area contributed by atoms with Crippen LogP contribution in [0.2, 0.25) is 0 Å². The van der Waals surface area contributed by atoms with Gasteiger partial charge in [-0.05, 0) is 32.8 Å². The Morgan fingerprint density at radius 3 is 2.15 bits per heavy atom. The van der Waals surface area contributed by atoms with E-state index in [1.807, 2.05) is 27.7 Å². The minimum absolute atomic E-state index is 0.206. The smallest absolute Gasteiger partial charge is 0.105 e. The largest absolute Gasteiger partial charge is 0.384 e. The molecule has 0 spiro atoms. The Morgan fingerprint density at radius 1 is 1.46 bits per heavy atom. The lowest BCUT2D eigenvalue weighted by Gasteiger charge is -2.26. The van der Waals surface area contributed by atoms with E-state index in [2.05, 4.69) is 11.6 Å². The van der Waals surface area contributed by atoms with E-state index in [1.54, 1.807) is 6.08 Å². The molecule has 0 unspecified atom stereocenters. The monoisotopic (exact) mass is 183 g/mol. The van der Waals surface area contributed by atoms with Crippen molar-refractivity contribution in [2.45, 2.75) is 52.2 Å². The van der Waals surface area contributed by atoms with E-state index in [-0.39, 0.29) is 6.04 Å². The van der Waals surface area contributed by atoms with Gasteiger partial charge in [0.15, 0.2) is 0 Å². The lowest BCUT2D eigenvalue weighted by Crippen LogP contribution is -2.36. The Bertz CT molecular complexity index is 190. The van der Waals surface area contributed by atoms with Crippen LogP contribution >= 0.6 is 0 Å². The van der Waals surface area contributed by atoms with Crippen molar-refractivity contribution in [2.24, 2.45) is 4.99 Å². The summed E-state index contributed by atoms with van der Waals surface area (Å²) in [7, 11) is 0. The number of rotatable bonds is 5. The Labute approximate surface area is 81.4 Å². The molecule has 0 saturated heterocycles. The maximum atomic E-state index is 10.1. The van der Waals surface area contributed by atoms with Crippen molar-refractivity contribution < 1.29 is 5.11 Å². The van der Waals surface area contributed by atoms with Gasteiger partial charge in [-0.2, -0.15) is 0 Å². The molecule has 0 aliphatic rings. The van der Waals surface area contributed by atoms with Crippen LogP contribution in [0, 0.1) is 0 Å². The van der Waals surface area contributed by atoms with Crippen molar-refractivity contribution in [2.75, 3.05) is 0 Å². The fourth-order valence-electron chi connectivity index (χ4n) is 1.25. The molecule has 0 rings (SSSR count). The highest BCUT2D eigenvalue weighted by Crippen LogP contribution is 2.18. The van der Waals surface area contributed by atoms with Crippen molar-refractivity contribution in [1.29, 1.82) is 0 Å². The predicted octanol–water partition coefficient (Wildman–Crippen LogP) is 2.57. The van der Waals surface area contributed by atoms with Gasteiger partial charge in [0.05, 0.1) is 5.71 Å². The zero-order valence-corrected chi connectivity index (χ0v) is 9.17. The van der Waals surface area contributed by atoms with E-state index < -0.39 is 5.60 Å². The second kappa shape index (κ2) is 5.18. The first-order valence-corrected chi connectivity index (χ1v) is 4.93. The van der Waals surface area contributed by atoms with Crippen LogP contribution in [0.15, 0.2) is 17.6 Å². The number of hydrogen-bond acceptors (Lipinski definition) is 2. The summed E-state index contributed by atoms with van der Waals surface area (Å²) in [5, 5.41) is 10.1. The Hall–Kier alpha value is -0.630. The van der Waals surface area contributed by atoms with E-state index in [4.69, 9.17) is 0 Å². The molecule has 0 radical (unpaired) electrons. The van der Waals surface area contributed by atoms with E-state index in [0.29, 0.717) is 18.6 Å². The highest BCUT2D eigenvalue weighted by atomic mass is 16.3. The minimum atomic E-state index is -0.786. The van der Waals surface area contributed by atoms with Crippen molar-refractivity contribution in [3.05, 3.63) is 12.7 Å². The van der Waals surface area contributed by atoms with Gasteiger partial charge in [0, 0.05) is 6.04 Å². The molecule has 0 fully saturated rings.